The minimum Gasteiger partial charge on any atom is -0.388 e. The van der Waals surface area contributed by atoms with E-state index < -0.39 is 0 Å². The first-order valence-corrected chi connectivity index (χ1v) is 9.70. The summed E-state index contributed by atoms with van der Waals surface area (Å²) in [6, 6.07) is 17.2. The van der Waals surface area contributed by atoms with Crippen LogP contribution in [0.1, 0.15) is 24.1 Å². The molecule has 4 heteroatoms. The molecule has 0 saturated carbocycles. The Hall–Kier alpha value is -1.97. The Morgan fingerprint density at radius 1 is 1.12 bits per heavy atom. The van der Waals surface area contributed by atoms with Gasteiger partial charge in [0, 0.05) is 49.1 Å². The molecule has 1 heterocycles. The summed E-state index contributed by atoms with van der Waals surface area (Å²) in [5.74, 6) is 0. The van der Waals surface area contributed by atoms with E-state index in [1.165, 1.54) is 11.3 Å². The third-order valence-electron chi connectivity index (χ3n) is 5.05. The number of hydrogen-bond donors (Lipinski definition) is 1. The highest BCUT2D eigenvalue weighted by molar-refractivity contribution is 6.31. The van der Waals surface area contributed by atoms with Gasteiger partial charge in [-0.1, -0.05) is 54.6 Å². The van der Waals surface area contributed by atoms with Crippen molar-refractivity contribution < 1.29 is 0 Å². The number of hydrogen-bond acceptors (Lipinski definition) is 3. The molecule has 2 aromatic rings. The van der Waals surface area contributed by atoms with Gasteiger partial charge in [-0.15, -0.1) is 0 Å². The molecule has 1 atom stereocenters. The smallest absolute Gasteiger partial charge is 0.0745 e. The van der Waals surface area contributed by atoms with Crippen LogP contribution < -0.4 is 10.2 Å². The van der Waals surface area contributed by atoms with E-state index in [1.54, 1.807) is 0 Å². The Bertz CT molecular complexity index is 736. The molecule has 1 saturated heterocycles. The van der Waals surface area contributed by atoms with Crippen molar-refractivity contribution in [2.75, 3.05) is 37.6 Å². The zero-order valence-electron chi connectivity index (χ0n) is 15.7. The van der Waals surface area contributed by atoms with Crippen molar-refractivity contribution in [2.45, 2.75) is 19.9 Å². The summed E-state index contributed by atoms with van der Waals surface area (Å²) in [4.78, 5) is 4.94. The Labute approximate surface area is 162 Å². The summed E-state index contributed by atoms with van der Waals surface area (Å²) in [5, 5.41) is 4.27. The lowest BCUT2D eigenvalue weighted by molar-refractivity contribution is 0.204. The van der Waals surface area contributed by atoms with E-state index in [0.717, 1.165) is 49.0 Å². The second kappa shape index (κ2) is 8.61. The Morgan fingerprint density at radius 3 is 2.42 bits per heavy atom. The maximum Gasteiger partial charge on any atom is 0.0745 e. The molecular formula is C22H28ClN3. The minimum absolute atomic E-state index is 0.208. The first-order chi connectivity index (χ1) is 12.6. The second-order valence-electron chi connectivity index (χ2n) is 6.83. The Morgan fingerprint density at radius 2 is 1.81 bits per heavy atom. The normalized spacial score (nSPS) is 16.3. The Kier molecular flexibility index (Phi) is 6.23. The molecule has 1 aliphatic heterocycles. The van der Waals surface area contributed by atoms with Gasteiger partial charge in [0.1, 0.15) is 0 Å². The van der Waals surface area contributed by atoms with Gasteiger partial charge in [-0.05, 0) is 37.1 Å². The van der Waals surface area contributed by atoms with Crippen LogP contribution in [0.25, 0.3) is 0 Å². The summed E-state index contributed by atoms with van der Waals surface area (Å²) in [6.45, 7) is 13.3. The third-order valence-corrected chi connectivity index (χ3v) is 5.46. The predicted molar refractivity (Wildman–Crippen MR) is 112 cm³/mol. The average Bonchev–Trinajstić information content (AvgIpc) is 2.66. The molecule has 0 radical (unpaired) electrons. The van der Waals surface area contributed by atoms with Crippen molar-refractivity contribution in [1.82, 2.24) is 10.2 Å². The first-order valence-electron chi connectivity index (χ1n) is 9.33. The summed E-state index contributed by atoms with van der Waals surface area (Å²) >= 11 is 6.31. The van der Waals surface area contributed by atoms with E-state index in [1.807, 2.05) is 6.92 Å². The molecule has 0 aromatic heterocycles. The molecule has 2 aromatic carbocycles. The first kappa shape index (κ1) is 18.8. The molecule has 1 N–H and O–H groups in total. The number of piperazine rings is 1. The third kappa shape index (κ3) is 4.22. The van der Waals surface area contributed by atoms with Gasteiger partial charge in [-0.2, -0.15) is 0 Å². The van der Waals surface area contributed by atoms with E-state index in [4.69, 9.17) is 11.6 Å². The van der Waals surface area contributed by atoms with Crippen molar-refractivity contribution in [3.05, 3.63) is 77.0 Å². The fourth-order valence-electron chi connectivity index (χ4n) is 3.61. The summed E-state index contributed by atoms with van der Waals surface area (Å²) < 4.78 is 0. The van der Waals surface area contributed by atoms with E-state index in [2.05, 4.69) is 77.2 Å². The molecule has 0 bridgehead atoms. The van der Waals surface area contributed by atoms with Crippen molar-refractivity contribution in [1.29, 1.82) is 0 Å². The van der Waals surface area contributed by atoms with Gasteiger partial charge in [0.15, 0.2) is 0 Å². The van der Waals surface area contributed by atoms with Crippen LogP contribution in [-0.4, -0.2) is 37.6 Å². The highest BCUT2D eigenvalue weighted by Gasteiger charge is 2.27. The summed E-state index contributed by atoms with van der Waals surface area (Å²) in [7, 11) is 0. The number of anilines is 1. The molecule has 0 aliphatic carbocycles. The maximum absolute atomic E-state index is 6.31. The van der Waals surface area contributed by atoms with Crippen LogP contribution in [0.15, 0.2) is 60.8 Å². The van der Waals surface area contributed by atoms with Crippen LogP contribution >= 0.6 is 11.6 Å². The number of aryl methyl sites for hydroxylation is 1. The summed E-state index contributed by atoms with van der Waals surface area (Å²) in [5.41, 5.74) is 4.71. The largest absolute Gasteiger partial charge is 0.388 e. The van der Waals surface area contributed by atoms with Gasteiger partial charge >= 0.3 is 0 Å². The lowest BCUT2D eigenvalue weighted by Crippen LogP contribution is -2.48. The standard InChI is InChI=1S/C22H28ClN3/c1-4-24-18(3)22(19-8-6-5-7-9-19)26-14-12-25(13-15-26)20-11-10-17(2)21(23)16-20/h5-11,16,22,24H,3-4,12-15H2,1-2H3. The van der Waals surface area contributed by atoms with Gasteiger partial charge in [0.25, 0.3) is 0 Å². The molecule has 26 heavy (non-hydrogen) atoms. The minimum atomic E-state index is 0.208. The van der Waals surface area contributed by atoms with Crippen molar-refractivity contribution in [3.8, 4) is 0 Å². The van der Waals surface area contributed by atoms with Crippen molar-refractivity contribution >= 4 is 17.3 Å². The van der Waals surface area contributed by atoms with Gasteiger partial charge in [-0.3, -0.25) is 4.90 Å². The van der Waals surface area contributed by atoms with E-state index in [0.29, 0.717) is 0 Å². The maximum atomic E-state index is 6.31. The lowest BCUT2D eigenvalue weighted by Gasteiger charge is -2.41. The average molecular weight is 370 g/mol. The Balaban J connectivity index is 1.73. The zero-order valence-corrected chi connectivity index (χ0v) is 16.5. The fraction of sp³-hybridized carbons (Fsp3) is 0.364. The highest BCUT2D eigenvalue weighted by atomic mass is 35.5. The predicted octanol–water partition coefficient (Wildman–Crippen LogP) is 4.63. The van der Waals surface area contributed by atoms with Crippen molar-refractivity contribution in [3.63, 3.8) is 0 Å². The summed E-state index contributed by atoms with van der Waals surface area (Å²) in [6.07, 6.45) is 0. The van der Waals surface area contributed by atoms with Crippen LogP contribution in [0, 0.1) is 6.92 Å². The fourth-order valence-corrected chi connectivity index (χ4v) is 3.78. The number of nitrogens with one attached hydrogen (secondary N) is 1. The van der Waals surface area contributed by atoms with Crippen LogP contribution in [0.5, 0.6) is 0 Å². The molecule has 1 unspecified atom stereocenters. The number of halogens is 1. The van der Waals surface area contributed by atoms with E-state index in [-0.39, 0.29) is 6.04 Å². The molecule has 3 rings (SSSR count). The van der Waals surface area contributed by atoms with Crippen LogP contribution in [0.2, 0.25) is 5.02 Å². The molecule has 0 spiro atoms. The second-order valence-corrected chi connectivity index (χ2v) is 7.23. The van der Waals surface area contributed by atoms with E-state index >= 15 is 0 Å². The molecule has 0 amide bonds. The lowest BCUT2D eigenvalue weighted by atomic mass is 10.0. The molecule has 138 valence electrons. The number of benzene rings is 2. The van der Waals surface area contributed by atoms with Gasteiger partial charge < -0.3 is 10.2 Å². The van der Waals surface area contributed by atoms with Crippen LogP contribution in [0.3, 0.4) is 0 Å². The number of nitrogens with zero attached hydrogens (tertiary/aromatic N) is 2. The molecule has 1 fully saturated rings. The number of rotatable bonds is 6. The highest BCUT2D eigenvalue weighted by Crippen LogP contribution is 2.29. The van der Waals surface area contributed by atoms with Gasteiger partial charge in [0.2, 0.25) is 0 Å². The monoisotopic (exact) mass is 369 g/mol. The van der Waals surface area contributed by atoms with Crippen molar-refractivity contribution in [2.24, 2.45) is 0 Å². The molecule has 1 aliphatic rings. The quantitative estimate of drug-likeness (QED) is 0.800. The SMILES string of the molecule is C=C(NCC)C(c1ccccc1)N1CCN(c2ccc(C)c(Cl)c2)CC1. The topological polar surface area (TPSA) is 18.5 Å². The zero-order chi connectivity index (χ0) is 18.5. The van der Waals surface area contributed by atoms with Gasteiger partial charge in [0.05, 0.1) is 6.04 Å². The van der Waals surface area contributed by atoms with E-state index in [9.17, 15) is 0 Å². The van der Waals surface area contributed by atoms with Gasteiger partial charge in [-0.25, -0.2) is 0 Å². The number of likely N-dealkylation sites (N-methyl/N-ethyl adjacent to an activating group) is 1. The molecule has 3 nitrogen and oxygen atoms in total. The van der Waals surface area contributed by atoms with Crippen LogP contribution in [-0.2, 0) is 0 Å². The van der Waals surface area contributed by atoms with Crippen LogP contribution in [0.4, 0.5) is 5.69 Å². The molecular weight excluding hydrogens is 342 g/mol.